The van der Waals surface area contributed by atoms with Gasteiger partial charge >= 0.3 is 0 Å². The smallest absolute Gasteiger partial charge is 0.239 e. The third-order valence-corrected chi connectivity index (χ3v) is 3.54. The fraction of sp³-hybridized carbons (Fsp3) is 0.500. The van der Waals surface area contributed by atoms with Crippen LogP contribution in [0.4, 0.5) is 10.1 Å². The van der Waals surface area contributed by atoms with Crippen LogP contribution in [-0.4, -0.2) is 29.9 Å². The Morgan fingerprint density at radius 1 is 1.37 bits per heavy atom. The number of likely N-dealkylation sites (tertiary alicyclic amines) is 1. The number of nitrogens with zero attached hydrogens (tertiary/aromatic N) is 1. The second-order valence-electron chi connectivity index (χ2n) is 5.01. The van der Waals surface area contributed by atoms with E-state index in [0.29, 0.717) is 17.7 Å². The van der Waals surface area contributed by atoms with E-state index in [-0.39, 0.29) is 5.91 Å². The molecule has 1 unspecified atom stereocenters. The van der Waals surface area contributed by atoms with Crippen molar-refractivity contribution in [1.29, 1.82) is 0 Å². The lowest BCUT2D eigenvalue weighted by molar-refractivity contribution is -0.131. The van der Waals surface area contributed by atoms with Crippen molar-refractivity contribution in [1.82, 2.24) is 4.90 Å². The Morgan fingerprint density at radius 2 is 2.05 bits per heavy atom. The molecule has 1 heterocycles. The molecule has 0 spiro atoms. The van der Waals surface area contributed by atoms with Crippen molar-refractivity contribution in [2.75, 3.05) is 18.8 Å². The Hall–Kier alpha value is -1.62. The van der Waals surface area contributed by atoms with Crippen molar-refractivity contribution in [2.45, 2.75) is 32.0 Å². The zero-order valence-corrected chi connectivity index (χ0v) is 10.9. The van der Waals surface area contributed by atoms with Crippen LogP contribution in [-0.2, 0) is 17.9 Å². The van der Waals surface area contributed by atoms with Crippen molar-refractivity contribution < 1.29 is 9.18 Å². The summed E-state index contributed by atoms with van der Waals surface area (Å²) in [7, 11) is 0. The zero-order chi connectivity index (χ0) is 13.8. The van der Waals surface area contributed by atoms with Gasteiger partial charge in [-0.25, -0.2) is 4.39 Å². The Bertz CT molecular complexity index is 458. The number of hydrogen-bond acceptors (Lipinski definition) is 3. The third-order valence-electron chi connectivity index (χ3n) is 3.54. The van der Waals surface area contributed by atoms with Crippen LogP contribution in [0.5, 0.6) is 0 Å². The molecule has 5 heteroatoms. The summed E-state index contributed by atoms with van der Waals surface area (Å²) < 4.78 is 12.5. The van der Waals surface area contributed by atoms with Crippen LogP contribution in [0.15, 0.2) is 18.2 Å². The number of alkyl halides is 1. The van der Waals surface area contributed by atoms with Gasteiger partial charge in [0.2, 0.25) is 5.91 Å². The van der Waals surface area contributed by atoms with Crippen molar-refractivity contribution >= 4 is 11.6 Å². The van der Waals surface area contributed by atoms with Gasteiger partial charge in [-0.2, -0.15) is 0 Å². The first-order valence-corrected chi connectivity index (χ1v) is 6.59. The number of halogens is 1. The van der Waals surface area contributed by atoms with E-state index >= 15 is 0 Å². The molecular formula is C14H20FN3O. The van der Waals surface area contributed by atoms with Gasteiger partial charge in [-0.3, -0.25) is 4.79 Å². The minimum Gasteiger partial charge on any atom is -0.398 e. The maximum absolute atomic E-state index is 12.5. The molecule has 1 aliphatic rings. The van der Waals surface area contributed by atoms with Gasteiger partial charge in [-0.05, 0) is 30.9 Å². The number of nitrogens with two attached hydrogens (primary N) is 2. The average Bonchev–Trinajstić information content (AvgIpc) is 2.92. The number of benzene rings is 1. The van der Waals surface area contributed by atoms with Crippen LogP contribution < -0.4 is 11.5 Å². The SMILES string of the molecule is Nc1cc(CC(N)C(=O)N2CCCC2)ccc1CF. The molecule has 2 rings (SSSR count). The average molecular weight is 265 g/mol. The summed E-state index contributed by atoms with van der Waals surface area (Å²) in [6, 6.07) is 4.58. The molecule has 1 fully saturated rings. The van der Waals surface area contributed by atoms with E-state index in [1.54, 1.807) is 18.2 Å². The number of carbonyl (C=O) groups excluding carboxylic acids is 1. The number of hydrogen-bond donors (Lipinski definition) is 2. The Labute approximate surface area is 112 Å². The standard InChI is InChI=1S/C14H20FN3O/c15-9-11-4-3-10(7-12(11)16)8-13(17)14(19)18-5-1-2-6-18/h3-4,7,13H,1-2,5-6,8-9,16-17H2. The molecule has 4 N–H and O–H groups in total. The topological polar surface area (TPSA) is 72.3 Å². The molecule has 0 aliphatic carbocycles. The highest BCUT2D eigenvalue weighted by molar-refractivity contribution is 5.82. The first-order chi connectivity index (χ1) is 9.11. The molecule has 0 radical (unpaired) electrons. The highest BCUT2D eigenvalue weighted by Gasteiger charge is 2.23. The van der Waals surface area contributed by atoms with Gasteiger partial charge in [0.25, 0.3) is 0 Å². The summed E-state index contributed by atoms with van der Waals surface area (Å²) in [5, 5.41) is 0. The van der Waals surface area contributed by atoms with Crippen molar-refractivity contribution in [2.24, 2.45) is 5.73 Å². The van der Waals surface area contributed by atoms with Crippen molar-refractivity contribution in [3.63, 3.8) is 0 Å². The van der Waals surface area contributed by atoms with E-state index in [1.165, 1.54) is 0 Å². The number of rotatable bonds is 4. The molecule has 0 aromatic heterocycles. The van der Waals surface area contributed by atoms with Gasteiger partial charge in [0.15, 0.2) is 0 Å². The fourth-order valence-electron chi connectivity index (χ4n) is 2.41. The summed E-state index contributed by atoms with van der Waals surface area (Å²) in [5.74, 6) is -0.00867. The lowest BCUT2D eigenvalue weighted by Crippen LogP contribution is -2.43. The molecule has 1 aromatic rings. The van der Waals surface area contributed by atoms with Gasteiger partial charge < -0.3 is 16.4 Å². The predicted molar refractivity (Wildman–Crippen MR) is 73.2 cm³/mol. The van der Waals surface area contributed by atoms with Crippen LogP contribution in [0.1, 0.15) is 24.0 Å². The van der Waals surface area contributed by atoms with Crippen LogP contribution >= 0.6 is 0 Å². The summed E-state index contributed by atoms with van der Waals surface area (Å²) in [4.78, 5) is 13.9. The van der Waals surface area contributed by atoms with Gasteiger partial charge in [0.1, 0.15) is 6.67 Å². The van der Waals surface area contributed by atoms with Crippen LogP contribution in [0, 0.1) is 0 Å². The zero-order valence-electron chi connectivity index (χ0n) is 10.9. The van der Waals surface area contributed by atoms with Crippen molar-refractivity contribution in [3.8, 4) is 0 Å². The molecule has 1 aromatic carbocycles. The molecule has 4 nitrogen and oxygen atoms in total. The predicted octanol–water partition coefficient (Wildman–Crippen LogP) is 1.23. The van der Waals surface area contributed by atoms with E-state index in [0.717, 1.165) is 31.5 Å². The molecular weight excluding hydrogens is 245 g/mol. The molecule has 0 saturated carbocycles. The lowest BCUT2D eigenvalue weighted by Gasteiger charge is -2.20. The fourth-order valence-corrected chi connectivity index (χ4v) is 2.41. The largest absolute Gasteiger partial charge is 0.398 e. The van der Waals surface area contributed by atoms with Crippen molar-refractivity contribution in [3.05, 3.63) is 29.3 Å². The molecule has 1 atom stereocenters. The molecule has 104 valence electrons. The quantitative estimate of drug-likeness (QED) is 0.804. The van der Waals surface area contributed by atoms with Crippen LogP contribution in [0.25, 0.3) is 0 Å². The number of nitrogen functional groups attached to an aromatic ring is 1. The Morgan fingerprint density at radius 3 is 2.63 bits per heavy atom. The molecule has 1 saturated heterocycles. The lowest BCUT2D eigenvalue weighted by atomic mass is 10.0. The highest BCUT2D eigenvalue weighted by Crippen LogP contribution is 2.17. The first-order valence-electron chi connectivity index (χ1n) is 6.59. The normalized spacial score (nSPS) is 16.6. The van der Waals surface area contributed by atoms with E-state index in [1.807, 2.05) is 4.90 Å². The Balaban J connectivity index is 1.99. The molecule has 1 amide bonds. The van der Waals surface area contributed by atoms with Gasteiger partial charge in [0, 0.05) is 24.3 Å². The number of anilines is 1. The van der Waals surface area contributed by atoms with E-state index in [4.69, 9.17) is 11.5 Å². The molecule has 0 bridgehead atoms. The van der Waals surface area contributed by atoms with Gasteiger partial charge in [-0.1, -0.05) is 12.1 Å². The first kappa shape index (κ1) is 13.8. The third kappa shape index (κ3) is 3.23. The van der Waals surface area contributed by atoms with E-state index in [9.17, 15) is 9.18 Å². The highest BCUT2D eigenvalue weighted by atomic mass is 19.1. The van der Waals surface area contributed by atoms with Crippen LogP contribution in [0.3, 0.4) is 0 Å². The summed E-state index contributed by atoms with van der Waals surface area (Å²) in [6.45, 7) is 1.02. The Kier molecular flexibility index (Phi) is 4.37. The number of carbonyl (C=O) groups is 1. The van der Waals surface area contributed by atoms with Gasteiger partial charge in [0.05, 0.1) is 6.04 Å². The van der Waals surface area contributed by atoms with E-state index < -0.39 is 12.7 Å². The van der Waals surface area contributed by atoms with E-state index in [2.05, 4.69) is 0 Å². The minimum atomic E-state index is -0.578. The minimum absolute atomic E-state index is 0.00867. The number of amides is 1. The summed E-state index contributed by atoms with van der Waals surface area (Å²) in [5.41, 5.74) is 13.4. The second-order valence-corrected chi connectivity index (χ2v) is 5.01. The summed E-state index contributed by atoms with van der Waals surface area (Å²) in [6.07, 6.45) is 2.54. The maximum Gasteiger partial charge on any atom is 0.239 e. The molecule has 1 aliphatic heterocycles. The molecule has 19 heavy (non-hydrogen) atoms. The summed E-state index contributed by atoms with van der Waals surface area (Å²) >= 11 is 0. The second kappa shape index (κ2) is 6.02. The van der Waals surface area contributed by atoms with Crippen LogP contribution in [0.2, 0.25) is 0 Å². The monoisotopic (exact) mass is 265 g/mol. The van der Waals surface area contributed by atoms with Gasteiger partial charge in [-0.15, -0.1) is 0 Å². The maximum atomic E-state index is 12.5.